The van der Waals surface area contributed by atoms with Crippen molar-refractivity contribution in [1.82, 2.24) is 0 Å². The van der Waals surface area contributed by atoms with Crippen molar-refractivity contribution in [2.45, 2.75) is 46.1 Å². The zero-order valence-corrected chi connectivity index (χ0v) is 13.5. The highest BCUT2D eigenvalue weighted by Crippen LogP contribution is 2.37. The Bertz CT molecular complexity index is 393. The van der Waals surface area contributed by atoms with Crippen LogP contribution in [0.1, 0.15) is 51.7 Å². The third-order valence-electron chi connectivity index (χ3n) is 2.85. The van der Waals surface area contributed by atoms with Crippen molar-refractivity contribution in [3.8, 4) is 11.5 Å². The number of hydrogen-bond acceptors (Lipinski definition) is 3. The van der Waals surface area contributed by atoms with Crippen molar-refractivity contribution in [2.75, 3.05) is 13.2 Å². The molecule has 0 bridgehead atoms. The smallest absolute Gasteiger partial charge is 0.162 e. The van der Waals surface area contributed by atoms with Crippen LogP contribution in [-0.4, -0.2) is 18.3 Å². The summed E-state index contributed by atoms with van der Waals surface area (Å²) in [5, 5.41) is 10.2. The number of aliphatic hydroxyl groups is 1. The molecule has 0 aliphatic rings. The van der Waals surface area contributed by atoms with E-state index in [9.17, 15) is 5.11 Å². The van der Waals surface area contributed by atoms with Crippen LogP contribution in [0.5, 0.6) is 11.5 Å². The minimum Gasteiger partial charge on any atom is -0.490 e. The summed E-state index contributed by atoms with van der Waals surface area (Å²) >= 11 is 3.50. The molecule has 0 aromatic heterocycles. The average molecular weight is 331 g/mol. The summed E-state index contributed by atoms with van der Waals surface area (Å²) in [6.45, 7) is 7.15. The van der Waals surface area contributed by atoms with Crippen molar-refractivity contribution in [3.63, 3.8) is 0 Å². The van der Waals surface area contributed by atoms with Crippen molar-refractivity contribution < 1.29 is 14.6 Å². The topological polar surface area (TPSA) is 38.7 Å². The SMILES string of the molecule is CCCCC(O)c1cc(OCC)c(OCC)cc1Br. The lowest BCUT2D eigenvalue weighted by atomic mass is 10.0. The number of hydrogen-bond donors (Lipinski definition) is 1. The fourth-order valence-corrected chi connectivity index (χ4v) is 2.48. The molecule has 0 aliphatic carbocycles. The van der Waals surface area contributed by atoms with Gasteiger partial charge in [-0.15, -0.1) is 0 Å². The van der Waals surface area contributed by atoms with Gasteiger partial charge in [0.25, 0.3) is 0 Å². The largest absolute Gasteiger partial charge is 0.490 e. The molecule has 1 N–H and O–H groups in total. The normalized spacial score (nSPS) is 12.3. The summed E-state index contributed by atoms with van der Waals surface area (Å²) < 4.78 is 12.0. The molecule has 0 radical (unpaired) electrons. The molecule has 0 saturated heterocycles. The van der Waals surface area contributed by atoms with Crippen molar-refractivity contribution in [2.24, 2.45) is 0 Å². The maximum Gasteiger partial charge on any atom is 0.162 e. The van der Waals surface area contributed by atoms with Gasteiger partial charge in [0.1, 0.15) is 0 Å². The molecular weight excluding hydrogens is 308 g/mol. The number of halogens is 1. The summed E-state index contributed by atoms with van der Waals surface area (Å²) in [5.41, 5.74) is 0.861. The predicted molar refractivity (Wildman–Crippen MR) is 81.0 cm³/mol. The third kappa shape index (κ3) is 4.69. The summed E-state index contributed by atoms with van der Waals surface area (Å²) in [7, 11) is 0. The van der Waals surface area contributed by atoms with Crippen molar-refractivity contribution in [1.29, 1.82) is 0 Å². The Morgan fingerprint density at radius 3 is 2.21 bits per heavy atom. The fourth-order valence-electron chi connectivity index (χ4n) is 1.90. The highest BCUT2D eigenvalue weighted by atomic mass is 79.9. The van der Waals surface area contributed by atoms with E-state index in [0.717, 1.165) is 29.3 Å². The lowest BCUT2D eigenvalue weighted by molar-refractivity contribution is 0.162. The van der Waals surface area contributed by atoms with E-state index in [1.165, 1.54) is 0 Å². The molecule has 0 saturated carbocycles. The molecule has 0 spiro atoms. The highest BCUT2D eigenvalue weighted by Gasteiger charge is 2.16. The first-order valence-corrected chi connectivity index (χ1v) is 7.70. The fraction of sp³-hybridized carbons (Fsp3) is 0.600. The van der Waals surface area contributed by atoms with Gasteiger partial charge < -0.3 is 14.6 Å². The van der Waals surface area contributed by atoms with E-state index in [0.29, 0.717) is 24.7 Å². The number of unbranched alkanes of at least 4 members (excludes halogenated alkanes) is 1. The van der Waals surface area contributed by atoms with E-state index in [2.05, 4.69) is 22.9 Å². The second-order valence-corrected chi connectivity index (χ2v) is 5.20. The zero-order valence-electron chi connectivity index (χ0n) is 11.9. The Labute approximate surface area is 124 Å². The Morgan fingerprint density at radius 1 is 1.11 bits per heavy atom. The summed E-state index contributed by atoms with van der Waals surface area (Å²) in [5.74, 6) is 1.40. The number of benzene rings is 1. The molecule has 1 atom stereocenters. The minimum atomic E-state index is -0.468. The van der Waals surface area contributed by atoms with Gasteiger partial charge in [-0.25, -0.2) is 0 Å². The maximum atomic E-state index is 10.2. The van der Waals surface area contributed by atoms with Gasteiger partial charge in [-0.05, 0) is 38.0 Å². The summed E-state index contributed by atoms with van der Waals surface area (Å²) in [4.78, 5) is 0. The quantitative estimate of drug-likeness (QED) is 0.764. The van der Waals surface area contributed by atoms with E-state index in [1.54, 1.807) is 0 Å². The molecule has 1 rings (SSSR count). The van der Waals surface area contributed by atoms with Crippen LogP contribution in [0, 0.1) is 0 Å². The number of aliphatic hydroxyl groups excluding tert-OH is 1. The van der Waals surface area contributed by atoms with E-state index < -0.39 is 6.10 Å². The van der Waals surface area contributed by atoms with E-state index in [1.807, 2.05) is 26.0 Å². The van der Waals surface area contributed by atoms with E-state index >= 15 is 0 Å². The molecule has 4 heteroatoms. The molecule has 1 unspecified atom stereocenters. The number of ether oxygens (including phenoxy) is 2. The molecule has 0 heterocycles. The van der Waals surface area contributed by atoms with Crippen LogP contribution < -0.4 is 9.47 Å². The summed E-state index contributed by atoms with van der Waals surface area (Å²) in [6, 6.07) is 3.75. The van der Waals surface area contributed by atoms with Crippen molar-refractivity contribution in [3.05, 3.63) is 22.2 Å². The predicted octanol–water partition coefficient (Wildman–Crippen LogP) is 4.47. The molecule has 0 amide bonds. The van der Waals surface area contributed by atoms with Gasteiger partial charge in [-0.1, -0.05) is 35.7 Å². The molecule has 0 fully saturated rings. The van der Waals surface area contributed by atoms with Gasteiger partial charge in [-0.3, -0.25) is 0 Å². The molecule has 3 nitrogen and oxygen atoms in total. The van der Waals surface area contributed by atoms with Crippen LogP contribution >= 0.6 is 15.9 Å². The molecule has 108 valence electrons. The second-order valence-electron chi connectivity index (χ2n) is 4.34. The van der Waals surface area contributed by atoms with Crippen LogP contribution in [0.15, 0.2) is 16.6 Å². The number of rotatable bonds is 8. The van der Waals surface area contributed by atoms with E-state index in [4.69, 9.17) is 9.47 Å². The van der Waals surface area contributed by atoms with Crippen LogP contribution in [0.25, 0.3) is 0 Å². The minimum absolute atomic E-state index is 0.468. The lowest BCUT2D eigenvalue weighted by Gasteiger charge is -2.17. The van der Waals surface area contributed by atoms with Gasteiger partial charge in [-0.2, -0.15) is 0 Å². The summed E-state index contributed by atoms with van der Waals surface area (Å²) in [6.07, 6.45) is 2.37. The lowest BCUT2D eigenvalue weighted by Crippen LogP contribution is -2.03. The standard InChI is InChI=1S/C15H23BrO3/c1-4-7-8-13(17)11-9-14(18-5-2)15(19-6-3)10-12(11)16/h9-10,13,17H,4-8H2,1-3H3. The Morgan fingerprint density at radius 2 is 1.68 bits per heavy atom. The zero-order chi connectivity index (χ0) is 14.3. The van der Waals surface area contributed by atoms with Crippen LogP contribution in [0.3, 0.4) is 0 Å². The van der Waals surface area contributed by atoms with E-state index in [-0.39, 0.29) is 0 Å². The monoisotopic (exact) mass is 330 g/mol. The van der Waals surface area contributed by atoms with Gasteiger partial charge in [0.15, 0.2) is 11.5 Å². The molecule has 1 aromatic rings. The first-order chi connectivity index (χ1) is 9.13. The molecular formula is C15H23BrO3. The molecule has 0 aliphatic heterocycles. The van der Waals surface area contributed by atoms with Gasteiger partial charge >= 0.3 is 0 Å². The van der Waals surface area contributed by atoms with Crippen molar-refractivity contribution >= 4 is 15.9 Å². The highest BCUT2D eigenvalue weighted by molar-refractivity contribution is 9.10. The molecule has 1 aromatic carbocycles. The Hall–Kier alpha value is -0.740. The molecule has 19 heavy (non-hydrogen) atoms. The van der Waals surface area contributed by atoms with Gasteiger partial charge in [0, 0.05) is 4.47 Å². The first kappa shape index (κ1) is 16.3. The van der Waals surface area contributed by atoms with Crippen LogP contribution in [0.4, 0.5) is 0 Å². The second kappa shape index (κ2) is 8.43. The van der Waals surface area contributed by atoms with Gasteiger partial charge in [0.2, 0.25) is 0 Å². The van der Waals surface area contributed by atoms with Crippen LogP contribution in [0.2, 0.25) is 0 Å². The Balaban J connectivity index is 3.01. The third-order valence-corrected chi connectivity index (χ3v) is 3.54. The average Bonchev–Trinajstić information content (AvgIpc) is 2.39. The maximum absolute atomic E-state index is 10.2. The Kier molecular flexibility index (Phi) is 7.24. The van der Waals surface area contributed by atoms with Crippen LogP contribution in [-0.2, 0) is 0 Å². The van der Waals surface area contributed by atoms with Gasteiger partial charge in [0.05, 0.1) is 19.3 Å². The first-order valence-electron chi connectivity index (χ1n) is 6.91.